The van der Waals surface area contributed by atoms with E-state index in [0.29, 0.717) is 18.1 Å². The molecule has 19 heavy (non-hydrogen) atoms. The highest BCUT2D eigenvalue weighted by atomic mass is 16.5. The van der Waals surface area contributed by atoms with Crippen LogP contribution in [0.1, 0.15) is 78.1 Å². The first-order chi connectivity index (χ1) is 9.33. The van der Waals surface area contributed by atoms with Gasteiger partial charge in [0.15, 0.2) is 0 Å². The minimum absolute atomic E-state index is 0.317. The van der Waals surface area contributed by atoms with Gasteiger partial charge >= 0.3 is 0 Å². The number of ether oxygens (including phenoxy) is 1. The van der Waals surface area contributed by atoms with Gasteiger partial charge in [-0.2, -0.15) is 0 Å². The summed E-state index contributed by atoms with van der Waals surface area (Å²) in [4.78, 5) is 0. The lowest BCUT2D eigenvalue weighted by atomic mass is 9.81. The summed E-state index contributed by atoms with van der Waals surface area (Å²) in [5, 5.41) is 0. The van der Waals surface area contributed by atoms with Crippen LogP contribution in [0.3, 0.4) is 0 Å². The van der Waals surface area contributed by atoms with E-state index in [2.05, 4.69) is 19.3 Å². The fourth-order valence-electron chi connectivity index (χ4n) is 3.37. The first-order valence-electron chi connectivity index (χ1n) is 8.41. The predicted molar refractivity (Wildman–Crippen MR) is 81.9 cm³/mol. The number of nitrogens with one attached hydrogen (secondary N) is 1. The highest BCUT2D eigenvalue weighted by Crippen LogP contribution is 2.30. The Hall–Kier alpha value is -0.120. The molecule has 3 heteroatoms. The van der Waals surface area contributed by atoms with Gasteiger partial charge in [0.1, 0.15) is 0 Å². The third-order valence-corrected chi connectivity index (χ3v) is 4.45. The molecule has 0 aromatic rings. The number of hydrazine groups is 1. The third kappa shape index (κ3) is 6.24. The Kier molecular flexibility index (Phi) is 9.48. The molecule has 0 aromatic heterocycles. The molecule has 1 aliphatic rings. The molecule has 0 amide bonds. The molecule has 0 heterocycles. The van der Waals surface area contributed by atoms with Gasteiger partial charge in [0.2, 0.25) is 0 Å². The van der Waals surface area contributed by atoms with E-state index >= 15 is 0 Å². The van der Waals surface area contributed by atoms with Gasteiger partial charge < -0.3 is 4.74 Å². The van der Waals surface area contributed by atoms with E-state index in [9.17, 15) is 0 Å². The maximum Gasteiger partial charge on any atom is 0.0769 e. The second-order valence-electron chi connectivity index (χ2n) is 5.94. The Morgan fingerprint density at radius 2 is 1.84 bits per heavy atom. The number of nitrogens with two attached hydrogens (primary N) is 1. The number of hydrogen-bond acceptors (Lipinski definition) is 3. The Bertz CT molecular complexity index is 205. The van der Waals surface area contributed by atoms with Gasteiger partial charge in [-0.15, -0.1) is 0 Å². The van der Waals surface area contributed by atoms with E-state index in [-0.39, 0.29) is 0 Å². The summed E-state index contributed by atoms with van der Waals surface area (Å²) >= 11 is 0. The van der Waals surface area contributed by atoms with Gasteiger partial charge in [-0.05, 0) is 32.1 Å². The van der Waals surface area contributed by atoms with Gasteiger partial charge in [0.05, 0.1) is 6.10 Å². The molecule has 0 spiro atoms. The Morgan fingerprint density at radius 3 is 2.42 bits per heavy atom. The normalized spacial score (nSPS) is 20.4. The van der Waals surface area contributed by atoms with Crippen molar-refractivity contribution < 1.29 is 4.74 Å². The van der Waals surface area contributed by atoms with E-state index in [1.807, 2.05) is 0 Å². The summed E-state index contributed by atoms with van der Waals surface area (Å²) < 4.78 is 6.05. The fraction of sp³-hybridized carbons (Fsp3) is 1.00. The van der Waals surface area contributed by atoms with Crippen molar-refractivity contribution in [1.29, 1.82) is 0 Å². The first-order valence-corrected chi connectivity index (χ1v) is 8.41. The molecule has 0 bridgehead atoms. The molecule has 0 aromatic carbocycles. The number of unbranched alkanes of at least 4 members (excludes halogenated alkanes) is 3. The van der Waals surface area contributed by atoms with E-state index in [1.165, 1.54) is 57.8 Å². The Balaban J connectivity index is 2.44. The van der Waals surface area contributed by atoms with Crippen LogP contribution in [0.15, 0.2) is 0 Å². The zero-order valence-corrected chi connectivity index (χ0v) is 13.0. The van der Waals surface area contributed by atoms with Crippen LogP contribution in [0.4, 0.5) is 0 Å². The van der Waals surface area contributed by atoms with Crippen LogP contribution in [0.5, 0.6) is 0 Å². The van der Waals surface area contributed by atoms with Crippen LogP contribution < -0.4 is 11.3 Å². The summed E-state index contributed by atoms with van der Waals surface area (Å²) in [7, 11) is 0. The standard InChI is InChI=1S/C16H34N2O/c1-3-5-6-10-13-15(18-17)16(19-4-2)14-11-8-7-9-12-14/h14-16,18H,3-13,17H2,1-2H3. The average Bonchev–Trinajstić information content (AvgIpc) is 2.47. The van der Waals surface area contributed by atoms with Crippen molar-refractivity contribution in [1.82, 2.24) is 5.43 Å². The number of rotatable bonds is 10. The molecule has 3 nitrogen and oxygen atoms in total. The van der Waals surface area contributed by atoms with Gasteiger partial charge in [-0.25, -0.2) is 0 Å². The smallest absolute Gasteiger partial charge is 0.0769 e. The highest BCUT2D eigenvalue weighted by molar-refractivity contribution is 4.84. The summed E-state index contributed by atoms with van der Waals surface area (Å²) in [6.45, 7) is 5.15. The molecule has 1 aliphatic carbocycles. The second kappa shape index (κ2) is 10.6. The van der Waals surface area contributed by atoms with Crippen molar-refractivity contribution in [3.63, 3.8) is 0 Å². The number of hydrogen-bond donors (Lipinski definition) is 2. The Morgan fingerprint density at radius 1 is 1.11 bits per heavy atom. The molecule has 0 saturated heterocycles. The SMILES string of the molecule is CCCCCCC(NN)C(OCC)C1CCCCC1. The maximum atomic E-state index is 6.05. The van der Waals surface area contributed by atoms with E-state index < -0.39 is 0 Å². The van der Waals surface area contributed by atoms with Gasteiger partial charge in [0.25, 0.3) is 0 Å². The zero-order chi connectivity index (χ0) is 13.9. The van der Waals surface area contributed by atoms with E-state index in [0.717, 1.165) is 13.0 Å². The molecule has 3 N–H and O–H groups in total. The van der Waals surface area contributed by atoms with Crippen LogP contribution in [0.2, 0.25) is 0 Å². The van der Waals surface area contributed by atoms with Crippen molar-refractivity contribution in [2.75, 3.05) is 6.61 Å². The third-order valence-electron chi connectivity index (χ3n) is 4.45. The topological polar surface area (TPSA) is 47.3 Å². The van der Waals surface area contributed by atoms with Crippen molar-refractivity contribution in [2.45, 2.75) is 90.2 Å². The molecule has 1 fully saturated rings. The highest BCUT2D eigenvalue weighted by Gasteiger charge is 2.30. The quantitative estimate of drug-likeness (QED) is 0.361. The van der Waals surface area contributed by atoms with Crippen LogP contribution in [0.25, 0.3) is 0 Å². The summed E-state index contributed by atoms with van der Waals surface area (Å²) in [5.74, 6) is 6.50. The minimum Gasteiger partial charge on any atom is -0.377 e. The molecular weight excluding hydrogens is 236 g/mol. The Labute approximate surface area is 119 Å². The van der Waals surface area contributed by atoms with E-state index in [4.69, 9.17) is 10.6 Å². The second-order valence-corrected chi connectivity index (χ2v) is 5.94. The summed E-state index contributed by atoms with van der Waals surface area (Å²) in [6.07, 6.45) is 13.4. The molecule has 0 radical (unpaired) electrons. The van der Waals surface area contributed by atoms with Crippen molar-refractivity contribution in [3.05, 3.63) is 0 Å². The minimum atomic E-state index is 0.317. The van der Waals surface area contributed by atoms with Crippen molar-refractivity contribution in [3.8, 4) is 0 Å². The zero-order valence-electron chi connectivity index (χ0n) is 13.0. The summed E-state index contributed by atoms with van der Waals surface area (Å²) in [6, 6.07) is 0.333. The monoisotopic (exact) mass is 270 g/mol. The maximum absolute atomic E-state index is 6.05. The lowest BCUT2D eigenvalue weighted by Crippen LogP contribution is -2.49. The van der Waals surface area contributed by atoms with Crippen molar-refractivity contribution >= 4 is 0 Å². The fourth-order valence-corrected chi connectivity index (χ4v) is 3.37. The molecule has 1 rings (SSSR count). The lowest BCUT2D eigenvalue weighted by Gasteiger charge is -2.35. The van der Waals surface area contributed by atoms with E-state index in [1.54, 1.807) is 0 Å². The van der Waals surface area contributed by atoms with Crippen LogP contribution >= 0.6 is 0 Å². The van der Waals surface area contributed by atoms with Gasteiger partial charge in [0, 0.05) is 12.6 Å². The largest absolute Gasteiger partial charge is 0.377 e. The van der Waals surface area contributed by atoms with Crippen LogP contribution in [-0.2, 0) is 4.74 Å². The average molecular weight is 270 g/mol. The van der Waals surface area contributed by atoms with Crippen molar-refractivity contribution in [2.24, 2.45) is 11.8 Å². The summed E-state index contributed by atoms with van der Waals surface area (Å²) in [5.41, 5.74) is 3.04. The molecule has 1 saturated carbocycles. The predicted octanol–water partition coefficient (Wildman–Crippen LogP) is 3.77. The molecule has 2 unspecified atom stereocenters. The molecular formula is C16H34N2O. The molecule has 2 atom stereocenters. The molecule has 0 aliphatic heterocycles. The van der Waals surface area contributed by atoms with Gasteiger partial charge in [-0.3, -0.25) is 11.3 Å². The van der Waals surface area contributed by atoms with Crippen LogP contribution in [-0.4, -0.2) is 18.8 Å². The van der Waals surface area contributed by atoms with Gasteiger partial charge in [-0.1, -0.05) is 51.9 Å². The lowest BCUT2D eigenvalue weighted by molar-refractivity contribution is -0.0199. The van der Waals surface area contributed by atoms with Crippen LogP contribution in [0, 0.1) is 5.92 Å². The first kappa shape index (κ1) is 16.9. The molecule has 114 valence electrons.